The van der Waals surface area contributed by atoms with Gasteiger partial charge >= 0.3 is 0 Å². The molecule has 0 fully saturated rings. The van der Waals surface area contributed by atoms with Gasteiger partial charge in [-0.25, -0.2) is 0 Å². The fourth-order valence-electron chi connectivity index (χ4n) is 2.29. The first-order valence-electron chi connectivity index (χ1n) is 6.37. The summed E-state index contributed by atoms with van der Waals surface area (Å²) in [7, 11) is 1.55. The minimum atomic E-state index is -0.0954. The van der Waals surface area contributed by atoms with Crippen LogP contribution < -0.4 is 10.2 Å². The molecule has 0 radical (unpaired) electrons. The van der Waals surface area contributed by atoms with Gasteiger partial charge in [-0.05, 0) is 24.6 Å². The third kappa shape index (κ3) is 2.07. The predicted octanol–water partition coefficient (Wildman–Crippen LogP) is 3.78. The van der Waals surface area contributed by atoms with Gasteiger partial charge in [-0.1, -0.05) is 30.3 Å². The van der Waals surface area contributed by atoms with E-state index >= 15 is 0 Å². The Morgan fingerprint density at radius 2 is 1.80 bits per heavy atom. The van der Waals surface area contributed by atoms with Crippen LogP contribution in [0.15, 0.2) is 57.7 Å². The molecule has 1 heterocycles. The van der Waals surface area contributed by atoms with Crippen molar-refractivity contribution in [2.45, 2.75) is 6.92 Å². The highest BCUT2D eigenvalue weighted by Crippen LogP contribution is 2.28. The molecule has 0 N–H and O–H groups in total. The number of aryl methyl sites for hydroxylation is 1. The summed E-state index contributed by atoms with van der Waals surface area (Å²) in [4.78, 5) is 12.3. The highest BCUT2D eigenvalue weighted by atomic mass is 16.5. The standard InChI is InChI=1S/C17H14O3/c1-11-8-15(19-2)17-13(18)10-14(20-16(17)9-11)12-6-4-3-5-7-12/h3-10H,1-2H3. The van der Waals surface area contributed by atoms with E-state index in [1.807, 2.05) is 49.4 Å². The van der Waals surface area contributed by atoms with Crippen molar-refractivity contribution in [2.24, 2.45) is 0 Å². The molecule has 3 rings (SSSR count). The van der Waals surface area contributed by atoms with E-state index in [9.17, 15) is 4.79 Å². The van der Waals surface area contributed by atoms with E-state index in [4.69, 9.17) is 9.15 Å². The molecule has 0 spiro atoms. The average molecular weight is 266 g/mol. The third-order valence-corrected chi connectivity index (χ3v) is 3.22. The molecule has 0 saturated carbocycles. The molecule has 0 aliphatic carbocycles. The van der Waals surface area contributed by atoms with Crippen molar-refractivity contribution in [1.29, 1.82) is 0 Å². The molecule has 0 atom stereocenters. The number of ether oxygens (including phenoxy) is 1. The Hall–Kier alpha value is -2.55. The predicted molar refractivity (Wildman–Crippen MR) is 79.2 cm³/mol. The van der Waals surface area contributed by atoms with Crippen molar-refractivity contribution in [3.63, 3.8) is 0 Å². The zero-order chi connectivity index (χ0) is 14.1. The molecule has 100 valence electrons. The average Bonchev–Trinajstić information content (AvgIpc) is 2.46. The monoisotopic (exact) mass is 266 g/mol. The summed E-state index contributed by atoms with van der Waals surface area (Å²) < 4.78 is 11.1. The molecule has 1 aromatic heterocycles. The normalized spacial score (nSPS) is 10.7. The van der Waals surface area contributed by atoms with E-state index in [-0.39, 0.29) is 5.43 Å². The first kappa shape index (κ1) is 12.5. The lowest BCUT2D eigenvalue weighted by atomic mass is 10.1. The van der Waals surface area contributed by atoms with E-state index in [2.05, 4.69) is 0 Å². The van der Waals surface area contributed by atoms with Gasteiger partial charge in [0.15, 0.2) is 5.43 Å². The van der Waals surface area contributed by atoms with Gasteiger partial charge in [-0.15, -0.1) is 0 Å². The van der Waals surface area contributed by atoms with Gasteiger partial charge in [0.1, 0.15) is 22.5 Å². The van der Waals surface area contributed by atoms with Crippen LogP contribution in [-0.2, 0) is 0 Å². The first-order valence-corrected chi connectivity index (χ1v) is 6.37. The second-order valence-electron chi connectivity index (χ2n) is 4.68. The molecule has 0 saturated heterocycles. The third-order valence-electron chi connectivity index (χ3n) is 3.22. The van der Waals surface area contributed by atoms with Gasteiger partial charge in [0, 0.05) is 11.6 Å². The lowest BCUT2D eigenvalue weighted by Crippen LogP contribution is -2.03. The second kappa shape index (κ2) is 4.85. The van der Waals surface area contributed by atoms with Crippen LogP contribution in [0.4, 0.5) is 0 Å². The fourth-order valence-corrected chi connectivity index (χ4v) is 2.29. The van der Waals surface area contributed by atoms with Crippen molar-refractivity contribution in [3.05, 3.63) is 64.3 Å². The minimum absolute atomic E-state index is 0.0954. The lowest BCUT2D eigenvalue weighted by molar-refractivity contribution is 0.418. The topological polar surface area (TPSA) is 39.4 Å². The van der Waals surface area contributed by atoms with Crippen molar-refractivity contribution in [2.75, 3.05) is 7.11 Å². The largest absolute Gasteiger partial charge is 0.496 e. The molecule has 0 aliphatic heterocycles. The number of methoxy groups -OCH3 is 1. The highest BCUT2D eigenvalue weighted by Gasteiger charge is 2.11. The zero-order valence-electron chi connectivity index (χ0n) is 11.3. The van der Waals surface area contributed by atoms with Gasteiger partial charge in [-0.3, -0.25) is 4.79 Å². The molecule has 3 heteroatoms. The molecular weight excluding hydrogens is 252 g/mol. The fraction of sp³-hybridized carbons (Fsp3) is 0.118. The zero-order valence-corrected chi connectivity index (χ0v) is 11.3. The van der Waals surface area contributed by atoms with E-state index in [0.717, 1.165) is 11.1 Å². The van der Waals surface area contributed by atoms with Gasteiger partial charge in [0.05, 0.1) is 7.11 Å². The van der Waals surface area contributed by atoms with Crippen molar-refractivity contribution in [3.8, 4) is 17.1 Å². The molecule has 20 heavy (non-hydrogen) atoms. The van der Waals surface area contributed by atoms with Gasteiger partial charge in [-0.2, -0.15) is 0 Å². The molecular formula is C17H14O3. The summed E-state index contributed by atoms with van der Waals surface area (Å²) >= 11 is 0. The van der Waals surface area contributed by atoms with Crippen LogP contribution in [0.2, 0.25) is 0 Å². The minimum Gasteiger partial charge on any atom is -0.496 e. The van der Waals surface area contributed by atoms with Gasteiger partial charge in [0.2, 0.25) is 0 Å². The number of hydrogen-bond acceptors (Lipinski definition) is 3. The summed E-state index contributed by atoms with van der Waals surface area (Å²) in [6, 6.07) is 14.8. The molecule has 0 unspecified atom stereocenters. The molecule has 3 aromatic rings. The summed E-state index contributed by atoms with van der Waals surface area (Å²) in [5.41, 5.74) is 2.32. The maximum Gasteiger partial charge on any atom is 0.197 e. The Bertz CT molecular complexity index is 817. The Kier molecular flexibility index (Phi) is 3.03. The van der Waals surface area contributed by atoms with E-state index in [1.54, 1.807) is 7.11 Å². The smallest absolute Gasteiger partial charge is 0.197 e. The van der Waals surface area contributed by atoms with Crippen molar-refractivity contribution >= 4 is 11.0 Å². The van der Waals surface area contributed by atoms with E-state index in [0.29, 0.717) is 22.5 Å². The van der Waals surface area contributed by atoms with Crippen molar-refractivity contribution < 1.29 is 9.15 Å². The lowest BCUT2D eigenvalue weighted by Gasteiger charge is -2.08. The van der Waals surface area contributed by atoms with Gasteiger partial charge in [0.25, 0.3) is 0 Å². The highest BCUT2D eigenvalue weighted by molar-refractivity contribution is 5.85. The van der Waals surface area contributed by atoms with Crippen LogP contribution in [0.25, 0.3) is 22.3 Å². The Morgan fingerprint density at radius 1 is 1.05 bits per heavy atom. The number of hydrogen-bond donors (Lipinski definition) is 0. The Labute approximate surface area is 116 Å². The number of rotatable bonds is 2. The van der Waals surface area contributed by atoms with Crippen LogP contribution in [-0.4, -0.2) is 7.11 Å². The molecule has 3 nitrogen and oxygen atoms in total. The number of benzene rings is 2. The van der Waals surface area contributed by atoms with Crippen LogP contribution in [0.1, 0.15) is 5.56 Å². The van der Waals surface area contributed by atoms with E-state index < -0.39 is 0 Å². The first-order chi connectivity index (χ1) is 9.69. The Balaban J connectivity index is 2.33. The molecule has 0 bridgehead atoms. The van der Waals surface area contributed by atoms with E-state index in [1.165, 1.54) is 6.07 Å². The summed E-state index contributed by atoms with van der Waals surface area (Å²) in [6.45, 7) is 1.94. The maximum atomic E-state index is 12.3. The van der Waals surface area contributed by atoms with Crippen LogP contribution in [0, 0.1) is 6.92 Å². The van der Waals surface area contributed by atoms with Crippen LogP contribution in [0.5, 0.6) is 5.75 Å². The SMILES string of the molecule is COc1cc(C)cc2oc(-c3ccccc3)cc(=O)c12. The number of fused-ring (bicyclic) bond motifs is 1. The van der Waals surface area contributed by atoms with Gasteiger partial charge < -0.3 is 9.15 Å². The molecule has 0 aliphatic rings. The second-order valence-corrected chi connectivity index (χ2v) is 4.68. The summed E-state index contributed by atoms with van der Waals surface area (Å²) in [6.07, 6.45) is 0. The Morgan fingerprint density at radius 3 is 2.50 bits per heavy atom. The summed E-state index contributed by atoms with van der Waals surface area (Å²) in [5.74, 6) is 1.11. The quantitative estimate of drug-likeness (QED) is 0.708. The summed E-state index contributed by atoms with van der Waals surface area (Å²) in [5, 5.41) is 0.484. The van der Waals surface area contributed by atoms with Crippen LogP contribution >= 0.6 is 0 Å². The van der Waals surface area contributed by atoms with Crippen molar-refractivity contribution in [1.82, 2.24) is 0 Å². The molecule has 2 aromatic carbocycles. The van der Waals surface area contributed by atoms with Crippen LogP contribution in [0.3, 0.4) is 0 Å². The maximum absolute atomic E-state index is 12.3. The molecule has 0 amide bonds.